The van der Waals surface area contributed by atoms with Crippen LogP contribution in [-0.4, -0.2) is 52.5 Å². The third-order valence-corrected chi connectivity index (χ3v) is 4.64. The highest BCUT2D eigenvalue weighted by molar-refractivity contribution is 5.94. The van der Waals surface area contributed by atoms with Gasteiger partial charge in [0.15, 0.2) is 0 Å². The van der Waals surface area contributed by atoms with Crippen molar-refractivity contribution in [3.8, 4) is 0 Å². The molecule has 1 amide bonds. The van der Waals surface area contributed by atoms with Crippen molar-refractivity contribution in [2.75, 3.05) is 37.4 Å². The van der Waals surface area contributed by atoms with E-state index in [4.69, 9.17) is 4.74 Å². The van der Waals surface area contributed by atoms with E-state index in [-0.39, 0.29) is 12.0 Å². The SMILES string of the molecule is CNc1cc(C(=O)N2CCO[C@@H](c3cccc(Nc4ccccn4)n3)C2)ccn1. The van der Waals surface area contributed by atoms with Crippen molar-refractivity contribution < 1.29 is 9.53 Å². The second-order valence-corrected chi connectivity index (χ2v) is 6.58. The maximum Gasteiger partial charge on any atom is 0.254 e. The van der Waals surface area contributed by atoms with E-state index in [0.29, 0.717) is 36.9 Å². The van der Waals surface area contributed by atoms with Crippen molar-refractivity contribution in [2.24, 2.45) is 0 Å². The lowest BCUT2D eigenvalue weighted by atomic mass is 10.1. The number of morpholine rings is 1. The molecule has 0 radical (unpaired) electrons. The van der Waals surface area contributed by atoms with Crippen LogP contribution in [0.4, 0.5) is 17.5 Å². The van der Waals surface area contributed by atoms with E-state index in [0.717, 1.165) is 11.5 Å². The van der Waals surface area contributed by atoms with Crippen molar-refractivity contribution in [2.45, 2.75) is 6.10 Å². The summed E-state index contributed by atoms with van der Waals surface area (Å²) < 4.78 is 5.91. The summed E-state index contributed by atoms with van der Waals surface area (Å²) in [7, 11) is 1.78. The Bertz CT molecular complexity index is 982. The van der Waals surface area contributed by atoms with Crippen LogP contribution in [0.3, 0.4) is 0 Å². The van der Waals surface area contributed by atoms with Gasteiger partial charge in [-0.1, -0.05) is 12.1 Å². The van der Waals surface area contributed by atoms with Crippen LogP contribution >= 0.6 is 0 Å². The standard InChI is InChI=1S/C21H22N6O2/c1-22-20-13-15(8-10-24-20)21(28)27-11-12-29-17(14-27)16-5-4-7-19(25-16)26-18-6-2-3-9-23-18/h2-10,13,17H,11-12,14H2,1H3,(H,22,24)(H,23,25,26)/t17-/m1/s1. The number of carbonyl (C=O) groups excluding carboxylic acids is 1. The molecule has 1 aliphatic heterocycles. The van der Waals surface area contributed by atoms with E-state index >= 15 is 0 Å². The minimum absolute atomic E-state index is 0.0417. The predicted octanol–water partition coefficient (Wildman–Crippen LogP) is 2.87. The summed E-state index contributed by atoms with van der Waals surface area (Å²) >= 11 is 0. The van der Waals surface area contributed by atoms with Gasteiger partial charge in [-0.25, -0.2) is 15.0 Å². The fourth-order valence-corrected chi connectivity index (χ4v) is 3.16. The number of nitrogens with one attached hydrogen (secondary N) is 2. The number of nitrogens with zero attached hydrogens (tertiary/aromatic N) is 4. The smallest absolute Gasteiger partial charge is 0.254 e. The number of aromatic nitrogens is 3. The molecule has 1 atom stereocenters. The Morgan fingerprint density at radius 1 is 1.07 bits per heavy atom. The second-order valence-electron chi connectivity index (χ2n) is 6.58. The van der Waals surface area contributed by atoms with E-state index in [1.54, 1.807) is 36.5 Å². The molecular weight excluding hydrogens is 368 g/mol. The molecule has 4 rings (SSSR count). The summed E-state index contributed by atoms with van der Waals surface area (Å²) in [6.07, 6.45) is 3.06. The first-order valence-corrected chi connectivity index (χ1v) is 9.42. The zero-order valence-corrected chi connectivity index (χ0v) is 16.1. The maximum absolute atomic E-state index is 12.9. The average molecular weight is 390 g/mol. The van der Waals surface area contributed by atoms with Crippen LogP contribution < -0.4 is 10.6 Å². The third kappa shape index (κ3) is 4.49. The van der Waals surface area contributed by atoms with Crippen LogP contribution in [0, 0.1) is 0 Å². The minimum atomic E-state index is -0.288. The summed E-state index contributed by atoms with van der Waals surface area (Å²) in [5.74, 6) is 2.02. The number of carbonyl (C=O) groups is 1. The van der Waals surface area contributed by atoms with E-state index < -0.39 is 0 Å². The Hall–Kier alpha value is -3.52. The number of rotatable bonds is 5. The summed E-state index contributed by atoms with van der Waals surface area (Å²) in [6, 6.07) is 14.8. The first kappa shape index (κ1) is 18.8. The Kier molecular flexibility index (Phi) is 5.62. The van der Waals surface area contributed by atoms with Gasteiger partial charge < -0.3 is 20.3 Å². The quantitative estimate of drug-likeness (QED) is 0.692. The molecule has 2 N–H and O–H groups in total. The maximum atomic E-state index is 12.9. The molecule has 8 nitrogen and oxygen atoms in total. The van der Waals surface area contributed by atoms with Crippen molar-refractivity contribution in [3.63, 3.8) is 0 Å². The molecule has 4 heterocycles. The minimum Gasteiger partial charge on any atom is -0.373 e. The lowest BCUT2D eigenvalue weighted by molar-refractivity contribution is -0.0246. The zero-order valence-electron chi connectivity index (χ0n) is 16.1. The van der Waals surface area contributed by atoms with Crippen molar-refractivity contribution in [3.05, 3.63) is 72.2 Å². The first-order chi connectivity index (χ1) is 14.2. The zero-order chi connectivity index (χ0) is 20.1. The van der Waals surface area contributed by atoms with Gasteiger partial charge in [-0.15, -0.1) is 0 Å². The Balaban J connectivity index is 1.48. The molecule has 8 heteroatoms. The molecule has 29 heavy (non-hydrogen) atoms. The molecule has 1 aliphatic rings. The molecule has 0 aromatic carbocycles. The number of pyridine rings is 3. The Morgan fingerprint density at radius 3 is 2.76 bits per heavy atom. The van der Waals surface area contributed by atoms with Gasteiger partial charge in [-0.3, -0.25) is 4.79 Å². The van der Waals surface area contributed by atoms with Gasteiger partial charge in [0.2, 0.25) is 0 Å². The lowest BCUT2D eigenvalue weighted by Gasteiger charge is -2.33. The largest absolute Gasteiger partial charge is 0.373 e. The number of anilines is 3. The fraction of sp³-hybridized carbons (Fsp3) is 0.238. The van der Waals surface area contributed by atoms with Crippen LogP contribution in [0.15, 0.2) is 60.9 Å². The van der Waals surface area contributed by atoms with Crippen molar-refractivity contribution in [1.82, 2.24) is 19.9 Å². The van der Waals surface area contributed by atoms with Crippen molar-refractivity contribution >= 4 is 23.4 Å². The molecular formula is C21H22N6O2. The Labute approximate surface area is 169 Å². The fourth-order valence-electron chi connectivity index (χ4n) is 3.16. The monoisotopic (exact) mass is 390 g/mol. The summed E-state index contributed by atoms with van der Waals surface area (Å²) in [5.41, 5.74) is 1.37. The lowest BCUT2D eigenvalue weighted by Crippen LogP contribution is -2.42. The van der Waals surface area contributed by atoms with Gasteiger partial charge in [0.1, 0.15) is 23.6 Å². The Morgan fingerprint density at radius 2 is 1.93 bits per heavy atom. The molecule has 0 saturated carbocycles. The highest BCUT2D eigenvalue weighted by Gasteiger charge is 2.27. The van der Waals surface area contributed by atoms with Crippen LogP contribution in [0.5, 0.6) is 0 Å². The molecule has 148 valence electrons. The highest BCUT2D eigenvalue weighted by atomic mass is 16.5. The third-order valence-electron chi connectivity index (χ3n) is 4.64. The van der Waals surface area contributed by atoms with Crippen LogP contribution in [0.25, 0.3) is 0 Å². The molecule has 3 aromatic heterocycles. The predicted molar refractivity (Wildman–Crippen MR) is 110 cm³/mol. The van der Waals surface area contributed by atoms with Gasteiger partial charge in [-0.2, -0.15) is 0 Å². The van der Waals surface area contributed by atoms with Gasteiger partial charge in [-0.05, 0) is 36.4 Å². The van der Waals surface area contributed by atoms with E-state index in [2.05, 4.69) is 25.6 Å². The summed E-state index contributed by atoms with van der Waals surface area (Å²) in [6.45, 7) is 1.44. The van der Waals surface area contributed by atoms with Gasteiger partial charge in [0.25, 0.3) is 5.91 Å². The molecule has 0 spiro atoms. The topological polar surface area (TPSA) is 92.3 Å². The van der Waals surface area contributed by atoms with Gasteiger partial charge in [0.05, 0.1) is 18.8 Å². The normalized spacial score (nSPS) is 16.3. The summed E-state index contributed by atoms with van der Waals surface area (Å²) in [5, 5.41) is 6.14. The number of hydrogen-bond donors (Lipinski definition) is 2. The molecule has 3 aromatic rings. The average Bonchev–Trinajstić information content (AvgIpc) is 2.79. The second kappa shape index (κ2) is 8.66. The number of hydrogen-bond acceptors (Lipinski definition) is 7. The summed E-state index contributed by atoms with van der Waals surface area (Å²) in [4.78, 5) is 27.8. The van der Waals surface area contributed by atoms with E-state index in [1.165, 1.54) is 0 Å². The first-order valence-electron chi connectivity index (χ1n) is 9.42. The van der Waals surface area contributed by atoms with Crippen molar-refractivity contribution in [1.29, 1.82) is 0 Å². The van der Waals surface area contributed by atoms with Crippen LogP contribution in [-0.2, 0) is 4.74 Å². The number of ether oxygens (including phenoxy) is 1. The molecule has 1 saturated heterocycles. The highest BCUT2D eigenvalue weighted by Crippen LogP contribution is 2.24. The van der Waals surface area contributed by atoms with Gasteiger partial charge in [0, 0.05) is 31.5 Å². The molecule has 1 fully saturated rings. The molecule has 0 bridgehead atoms. The van der Waals surface area contributed by atoms with E-state index in [1.807, 2.05) is 36.4 Å². The van der Waals surface area contributed by atoms with Crippen LogP contribution in [0.2, 0.25) is 0 Å². The van der Waals surface area contributed by atoms with Gasteiger partial charge >= 0.3 is 0 Å². The van der Waals surface area contributed by atoms with Crippen LogP contribution in [0.1, 0.15) is 22.2 Å². The number of amides is 1. The molecule has 0 aliphatic carbocycles. The van der Waals surface area contributed by atoms with E-state index in [9.17, 15) is 4.79 Å². The molecule has 0 unspecified atom stereocenters.